The maximum atomic E-state index is 12.3. The van der Waals surface area contributed by atoms with Crippen LogP contribution in [0.15, 0.2) is 0 Å². The van der Waals surface area contributed by atoms with E-state index in [-0.39, 0.29) is 6.10 Å². The number of aliphatic hydroxyl groups is 1. The van der Waals surface area contributed by atoms with E-state index in [2.05, 4.69) is 34.6 Å². The Kier molecular flexibility index (Phi) is 6.48. The van der Waals surface area contributed by atoms with E-state index in [9.17, 15) is 9.90 Å². The third-order valence-electron chi connectivity index (χ3n) is 10.9. The Hall–Kier alpha value is -0.370. The van der Waals surface area contributed by atoms with Crippen molar-refractivity contribution in [3.63, 3.8) is 0 Å². The predicted molar refractivity (Wildman–Crippen MR) is 124 cm³/mol. The lowest BCUT2D eigenvalue weighted by molar-refractivity contribution is -0.129. The van der Waals surface area contributed by atoms with Gasteiger partial charge in [0.05, 0.1) is 6.10 Å². The van der Waals surface area contributed by atoms with Gasteiger partial charge in [-0.25, -0.2) is 0 Å². The van der Waals surface area contributed by atoms with E-state index in [0.717, 1.165) is 61.7 Å². The van der Waals surface area contributed by atoms with Crippen LogP contribution in [0.2, 0.25) is 0 Å². The fourth-order valence-corrected chi connectivity index (χ4v) is 9.36. The van der Waals surface area contributed by atoms with Crippen molar-refractivity contribution in [1.29, 1.82) is 0 Å². The van der Waals surface area contributed by atoms with Crippen LogP contribution >= 0.6 is 0 Å². The van der Waals surface area contributed by atoms with Gasteiger partial charge >= 0.3 is 0 Å². The van der Waals surface area contributed by atoms with Crippen molar-refractivity contribution >= 4 is 5.78 Å². The van der Waals surface area contributed by atoms with Crippen LogP contribution in [0, 0.1) is 52.3 Å². The molecular weight excluding hydrogens is 368 g/mol. The summed E-state index contributed by atoms with van der Waals surface area (Å²) in [6.07, 6.45) is 14.4. The van der Waals surface area contributed by atoms with Gasteiger partial charge in [0.2, 0.25) is 0 Å². The minimum absolute atomic E-state index is 0.0383. The number of carbonyl (C=O) groups excluding carboxylic acids is 1. The predicted octanol–water partition coefficient (Wildman–Crippen LogP) is 7.04. The van der Waals surface area contributed by atoms with Crippen molar-refractivity contribution in [2.24, 2.45) is 52.3 Å². The standard InChI is InChI=1S/C28H48O2/c1-18(2)16-21(29)8-6-19(3)24-10-11-25-23-9-7-20-17-22(30)12-14-27(20,4)26(23)13-15-28(24,25)5/h18-20,22-26,30H,6-17H2,1-5H3/t19-,20-,22-,23+,24-,25+,26+,27+,28-/m1/s1. The van der Waals surface area contributed by atoms with Gasteiger partial charge in [0.15, 0.2) is 0 Å². The number of aliphatic hydroxyl groups excluding tert-OH is 1. The first-order chi connectivity index (χ1) is 14.1. The minimum Gasteiger partial charge on any atom is -0.393 e. The summed E-state index contributed by atoms with van der Waals surface area (Å²) in [4.78, 5) is 12.3. The fraction of sp³-hybridized carbons (Fsp3) is 0.964. The number of hydrogen-bond donors (Lipinski definition) is 1. The monoisotopic (exact) mass is 416 g/mol. The highest BCUT2D eigenvalue weighted by Gasteiger charge is 2.60. The summed E-state index contributed by atoms with van der Waals surface area (Å²) in [5, 5.41) is 10.3. The van der Waals surface area contributed by atoms with Crippen LogP contribution in [0.25, 0.3) is 0 Å². The number of carbonyl (C=O) groups is 1. The first-order valence-electron chi connectivity index (χ1n) is 13.3. The van der Waals surface area contributed by atoms with Crippen LogP contribution in [0.3, 0.4) is 0 Å². The van der Waals surface area contributed by atoms with Gasteiger partial charge in [-0.15, -0.1) is 0 Å². The second-order valence-electron chi connectivity index (χ2n) is 13.0. The molecule has 9 atom stereocenters. The molecule has 0 aromatic rings. The smallest absolute Gasteiger partial charge is 0.133 e. The highest BCUT2D eigenvalue weighted by Crippen LogP contribution is 2.68. The maximum absolute atomic E-state index is 12.3. The van der Waals surface area contributed by atoms with Crippen LogP contribution in [-0.2, 0) is 4.79 Å². The van der Waals surface area contributed by atoms with E-state index in [4.69, 9.17) is 0 Å². The van der Waals surface area contributed by atoms with E-state index in [0.29, 0.717) is 28.4 Å². The molecule has 0 heterocycles. The van der Waals surface area contributed by atoms with Crippen molar-refractivity contribution in [1.82, 2.24) is 0 Å². The Labute approximate surface area is 186 Å². The normalized spacial score (nSPS) is 46.8. The highest BCUT2D eigenvalue weighted by atomic mass is 16.3. The molecule has 0 aromatic carbocycles. The Bertz CT molecular complexity index is 626. The minimum atomic E-state index is -0.0383. The van der Waals surface area contributed by atoms with Gasteiger partial charge < -0.3 is 5.11 Å². The van der Waals surface area contributed by atoms with Crippen LogP contribution in [-0.4, -0.2) is 17.0 Å². The number of Topliss-reactive ketones (excluding diaryl/α,β-unsaturated/α-hetero) is 1. The topological polar surface area (TPSA) is 37.3 Å². The van der Waals surface area contributed by atoms with Crippen LogP contribution in [0.4, 0.5) is 0 Å². The fourth-order valence-electron chi connectivity index (χ4n) is 9.36. The molecular formula is C28H48O2. The van der Waals surface area contributed by atoms with E-state index in [1.807, 2.05) is 0 Å². The third-order valence-corrected chi connectivity index (χ3v) is 10.9. The summed E-state index contributed by atoms with van der Waals surface area (Å²) in [5.41, 5.74) is 0.982. The molecule has 172 valence electrons. The largest absolute Gasteiger partial charge is 0.393 e. The van der Waals surface area contributed by atoms with E-state index >= 15 is 0 Å². The summed E-state index contributed by atoms with van der Waals surface area (Å²) >= 11 is 0. The third kappa shape index (κ3) is 3.93. The zero-order chi connectivity index (χ0) is 21.7. The molecule has 2 heteroatoms. The Morgan fingerprint density at radius 3 is 2.37 bits per heavy atom. The molecule has 4 aliphatic carbocycles. The summed E-state index contributed by atoms with van der Waals surface area (Å²) in [6.45, 7) is 12.0. The summed E-state index contributed by atoms with van der Waals surface area (Å²) in [6, 6.07) is 0. The molecule has 2 nitrogen and oxygen atoms in total. The molecule has 4 aliphatic rings. The van der Waals surface area contributed by atoms with E-state index in [1.54, 1.807) is 0 Å². The molecule has 0 aromatic heterocycles. The molecule has 4 fully saturated rings. The van der Waals surface area contributed by atoms with Gasteiger partial charge in [-0.05, 0) is 116 Å². The SMILES string of the molecule is CC(C)CC(=O)CC[C@@H](C)[C@H]1CC[C@H]2[C@@H]3CC[C@@H]4C[C@H](O)CC[C@]4(C)[C@H]3CC[C@]12C. The van der Waals surface area contributed by atoms with Gasteiger partial charge in [-0.2, -0.15) is 0 Å². The van der Waals surface area contributed by atoms with Crippen molar-refractivity contribution in [3.8, 4) is 0 Å². The maximum Gasteiger partial charge on any atom is 0.133 e. The summed E-state index contributed by atoms with van der Waals surface area (Å²) < 4.78 is 0. The molecule has 0 unspecified atom stereocenters. The molecule has 0 bridgehead atoms. The zero-order valence-corrected chi connectivity index (χ0v) is 20.5. The quantitative estimate of drug-likeness (QED) is 0.504. The van der Waals surface area contributed by atoms with Gasteiger partial charge in [-0.1, -0.05) is 34.6 Å². The van der Waals surface area contributed by atoms with E-state index in [1.165, 1.54) is 44.9 Å². The first kappa shape index (κ1) is 22.8. The Morgan fingerprint density at radius 2 is 1.63 bits per heavy atom. The lowest BCUT2D eigenvalue weighted by Gasteiger charge is -2.61. The number of hydrogen-bond acceptors (Lipinski definition) is 2. The molecule has 4 rings (SSSR count). The van der Waals surface area contributed by atoms with Gasteiger partial charge in [0.1, 0.15) is 5.78 Å². The summed E-state index contributed by atoms with van der Waals surface area (Å²) in [7, 11) is 0. The number of rotatable bonds is 6. The summed E-state index contributed by atoms with van der Waals surface area (Å²) in [5.74, 6) is 5.94. The van der Waals surface area contributed by atoms with Crippen molar-refractivity contribution in [3.05, 3.63) is 0 Å². The molecule has 1 N–H and O–H groups in total. The Morgan fingerprint density at radius 1 is 0.933 bits per heavy atom. The first-order valence-corrected chi connectivity index (χ1v) is 13.3. The van der Waals surface area contributed by atoms with Crippen molar-refractivity contribution < 1.29 is 9.90 Å². The zero-order valence-electron chi connectivity index (χ0n) is 20.5. The van der Waals surface area contributed by atoms with Gasteiger partial charge in [-0.3, -0.25) is 4.79 Å². The lowest BCUT2D eigenvalue weighted by Crippen LogP contribution is -2.54. The lowest BCUT2D eigenvalue weighted by atomic mass is 9.44. The molecule has 0 radical (unpaired) electrons. The molecule has 0 spiro atoms. The second kappa shape index (κ2) is 8.53. The average Bonchev–Trinajstić information content (AvgIpc) is 3.03. The number of fused-ring (bicyclic) bond motifs is 5. The Balaban J connectivity index is 1.43. The van der Waals surface area contributed by atoms with Crippen molar-refractivity contribution in [2.75, 3.05) is 0 Å². The van der Waals surface area contributed by atoms with E-state index < -0.39 is 0 Å². The van der Waals surface area contributed by atoms with Gasteiger partial charge in [0.25, 0.3) is 0 Å². The molecule has 0 amide bonds. The second-order valence-corrected chi connectivity index (χ2v) is 13.0. The van der Waals surface area contributed by atoms with Crippen LogP contribution in [0.1, 0.15) is 112 Å². The van der Waals surface area contributed by atoms with Crippen LogP contribution < -0.4 is 0 Å². The van der Waals surface area contributed by atoms with Crippen molar-refractivity contribution in [2.45, 2.75) is 118 Å². The molecule has 30 heavy (non-hydrogen) atoms. The van der Waals surface area contributed by atoms with Crippen LogP contribution in [0.5, 0.6) is 0 Å². The molecule has 4 saturated carbocycles. The highest BCUT2D eigenvalue weighted by molar-refractivity contribution is 5.78. The average molecular weight is 417 g/mol. The molecule has 0 saturated heterocycles. The van der Waals surface area contributed by atoms with Gasteiger partial charge in [0, 0.05) is 12.8 Å². The molecule has 0 aliphatic heterocycles. The number of ketones is 1.